The number of fused-ring (bicyclic) bond motifs is 1. The van der Waals surface area contributed by atoms with E-state index in [4.69, 9.17) is 17.3 Å². The van der Waals surface area contributed by atoms with Crippen LogP contribution >= 0.6 is 11.6 Å². The monoisotopic (exact) mass is 372 g/mol. The minimum atomic E-state index is 0.108. The minimum Gasteiger partial charge on any atom is -0.350 e. The molecule has 0 radical (unpaired) electrons. The standard InChI is InChI=1S/C17H21ClN8/c1-26-16-14(24-25-26)15(20-11-6-4-5-10(18)9-11)22-17(23-16)21-13-8-3-2-7-12(13)19/h4-6,9,12-13H,2-3,7-8,19H2,1H3,(H2,20,21,22,23). The third kappa shape index (κ3) is 3.42. The van der Waals surface area contributed by atoms with Crippen molar-refractivity contribution >= 4 is 40.2 Å². The van der Waals surface area contributed by atoms with Gasteiger partial charge in [-0.05, 0) is 31.0 Å². The van der Waals surface area contributed by atoms with Gasteiger partial charge in [0.2, 0.25) is 5.95 Å². The van der Waals surface area contributed by atoms with Crippen LogP contribution < -0.4 is 16.4 Å². The van der Waals surface area contributed by atoms with Crippen LogP contribution in [0.1, 0.15) is 25.7 Å². The molecular weight excluding hydrogens is 352 g/mol. The van der Waals surface area contributed by atoms with E-state index < -0.39 is 0 Å². The second kappa shape index (κ2) is 7.05. The first-order valence-electron chi connectivity index (χ1n) is 8.72. The second-order valence-corrected chi connectivity index (χ2v) is 7.05. The second-order valence-electron chi connectivity index (χ2n) is 6.62. The molecule has 2 heterocycles. The van der Waals surface area contributed by atoms with Crippen molar-refractivity contribution in [3.63, 3.8) is 0 Å². The number of benzene rings is 1. The van der Waals surface area contributed by atoms with Crippen LogP contribution in [0.25, 0.3) is 11.2 Å². The van der Waals surface area contributed by atoms with E-state index in [-0.39, 0.29) is 12.1 Å². The number of nitrogens with zero attached hydrogens (tertiary/aromatic N) is 5. The average Bonchev–Trinajstić information content (AvgIpc) is 2.99. The first-order valence-corrected chi connectivity index (χ1v) is 9.10. The van der Waals surface area contributed by atoms with Gasteiger partial charge in [-0.15, -0.1) is 5.10 Å². The summed E-state index contributed by atoms with van der Waals surface area (Å²) in [6, 6.07) is 7.72. The number of hydrogen-bond acceptors (Lipinski definition) is 7. The van der Waals surface area contributed by atoms with Gasteiger partial charge >= 0.3 is 0 Å². The van der Waals surface area contributed by atoms with Crippen molar-refractivity contribution in [3.8, 4) is 0 Å². The summed E-state index contributed by atoms with van der Waals surface area (Å²) < 4.78 is 1.63. The van der Waals surface area contributed by atoms with Crippen LogP contribution in [0.3, 0.4) is 0 Å². The molecule has 0 spiro atoms. The molecule has 1 aliphatic rings. The fraction of sp³-hybridized carbons (Fsp3) is 0.412. The van der Waals surface area contributed by atoms with Crippen molar-refractivity contribution in [1.29, 1.82) is 0 Å². The van der Waals surface area contributed by atoms with Crippen LogP contribution in [0.15, 0.2) is 24.3 Å². The summed E-state index contributed by atoms with van der Waals surface area (Å²) in [4.78, 5) is 9.20. The van der Waals surface area contributed by atoms with Gasteiger partial charge in [0.1, 0.15) is 0 Å². The molecule has 0 saturated heterocycles. The smallest absolute Gasteiger partial charge is 0.227 e. The summed E-state index contributed by atoms with van der Waals surface area (Å²) in [5.41, 5.74) is 8.32. The van der Waals surface area contributed by atoms with Gasteiger partial charge in [0, 0.05) is 29.8 Å². The highest BCUT2D eigenvalue weighted by Crippen LogP contribution is 2.26. The van der Waals surface area contributed by atoms with E-state index in [1.165, 1.54) is 6.42 Å². The lowest BCUT2D eigenvalue weighted by molar-refractivity contribution is 0.402. The Morgan fingerprint density at radius 1 is 1.23 bits per heavy atom. The minimum absolute atomic E-state index is 0.108. The molecule has 9 heteroatoms. The molecule has 2 unspecified atom stereocenters. The Hall–Kier alpha value is -2.45. The molecule has 1 aliphatic carbocycles. The van der Waals surface area contributed by atoms with E-state index >= 15 is 0 Å². The maximum absolute atomic E-state index is 6.25. The lowest BCUT2D eigenvalue weighted by atomic mass is 9.91. The number of nitrogens with one attached hydrogen (secondary N) is 2. The molecule has 136 valence electrons. The van der Waals surface area contributed by atoms with Crippen molar-refractivity contribution in [1.82, 2.24) is 25.0 Å². The highest BCUT2D eigenvalue weighted by Gasteiger charge is 2.23. The number of aromatic nitrogens is 5. The van der Waals surface area contributed by atoms with E-state index in [9.17, 15) is 0 Å². The molecule has 1 aromatic carbocycles. The van der Waals surface area contributed by atoms with Crippen LogP contribution in [0.4, 0.5) is 17.5 Å². The maximum atomic E-state index is 6.25. The van der Waals surface area contributed by atoms with E-state index in [2.05, 4.69) is 30.9 Å². The third-order valence-corrected chi connectivity index (χ3v) is 4.91. The van der Waals surface area contributed by atoms with Crippen LogP contribution in [0.5, 0.6) is 0 Å². The van der Waals surface area contributed by atoms with Gasteiger partial charge in [-0.1, -0.05) is 35.7 Å². The molecule has 4 N–H and O–H groups in total. The number of hydrogen-bond donors (Lipinski definition) is 3. The van der Waals surface area contributed by atoms with Crippen molar-refractivity contribution in [2.24, 2.45) is 12.8 Å². The highest BCUT2D eigenvalue weighted by atomic mass is 35.5. The third-order valence-electron chi connectivity index (χ3n) is 4.67. The highest BCUT2D eigenvalue weighted by molar-refractivity contribution is 6.30. The van der Waals surface area contributed by atoms with E-state index in [1.807, 2.05) is 31.3 Å². The Labute approximate surface area is 156 Å². The van der Waals surface area contributed by atoms with Crippen LogP contribution in [-0.4, -0.2) is 37.0 Å². The predicted molar refractivity (Wildman–Crippen MR) is 103 cm³/mol. The van der Waals surface area contributed by atoms with E-state index in [0.29, 0.717) is 28.0 Å². The van der Waals surface area contributed by atoms with Crippen LogP contribution in [0.2, 0.25) is 5.02 Å². The molecule has 1 saturated carbocycles. The Bertz CT molecular complexity index is 924. The van der Waals surface area contributed by atoms with Crippen molar-refractivity contribution in [3.05, 3.63) is 29.3 Å². The molecule has 4 rings (SSSR count). The summed E-state index contributed by atoms with van der Waals surface area (Å²) in [6.45, 7) is 0. The first kappa shape index (κ1) is 17.0. The molecule has 3 aromatic rings. The summed E-state index contributed by atoms with van der Waals surface area (Å²) in [6.07, 6.45) is 4.37. The van der Waals surface area contributed by atoms with Crippen molar-refractivity contribution < 1.29 is 0 Å². The maximum Gasteiger partial charge on any atom is 0.227 e. The molecular formula is C17H21ClN8. The van der Waals surface area contributed by atoms with Crippen LogP contribution in [0, 0.1) is 0 Å². The van der Waals surface area contributed by atoms with Gasteiger partial charge in [-0.25, -0.2) is 4.68 Å². The predicted octanol–water partition coefficient (Wildman–Crippen LogP) is 2.84. The Kier molecular flexibility index (Phi) is 4.60. The number of rotatable bonds is 4. The van der Waals surface area contributed by atoms with Crippen molar-refractivity contribution in [2.45, 2.75) is 37.8 Å². The zero-order valence-electron chi connectivity index (χ0n) is 14.5. The Balaban J connectivity index is 1.69. The normalized spacial score (nSPS) is 20.3. The van der Waals surface area contributed by atoms with Gasteiger partial charge in [-0.2, -0.15) is 9.97 Å². The number of halogens is 1. The molecule has 8 nitrogen and oxygen atoms in total. The topological polar surface area (TPSA) is 107 Å². The summed E-state index contributed by atoms with van der Waals surface area (Å²) in [5.74, 6) is 1.10. The van der Waals surface area contributed by atoms with E-state index in [1.54, 1.807) is 4.68 Å². The summed E-state index contributed by atoms with van der Waals surface area (Å²) in [5, 5.41) is 15.6. The number of nitrogens with two attached hydrogens (primary N) is 1. The van der Waals surface area contributed by atoms with Crippen LogP contribution in [-0.2, 0) is 7.05 Å². The molecule has 0 bridgehead atoms. The lowest BCUT2D eigenvalue weighted by Crippen LogP contribution is -2.43. The molecule has 0 aliphatic heterocycles. The molecule has 26 heavy (non-hydrogen) atoms. The largest absolute Gasteiger partial charge is 0.350 e. The molecule has 0 amide bonds. The molecule has 2 aromatic heterocycles. The first-order chi connectivity index (χ1) is 12.6. The fourth-order valence-electron chi connectivity index (χ4n) is 3.27. The zero-order chi connectivity index (χ0) is 18.1. The van der Waals surface area contributed by atoms with Gasteiger partial charge in [0.15, 0.2) is 17.0 Å². The zero-order valence-corrected chi connectivity index (χ0v) is 15.2. The molecule has 1 fully saturated rings. The van der Waals surface area contributed by atoms with Gasteiger partial charge in [0.25, 0.3) is 0 Å². The SMILES string of the molecule is Cn1nnc2c(Nc3cccc(Cl)c3)nc(NC3CCCCC3N)nc21. The Morgan fingerprint density at radius 2 is 2.08 bits per heavy atom. The van der Waals surface area contributed by atoms with Gasteiger partial charge in [0.05, 0.1) is 0 Å². The molecule has 2 atom stereocenters. The average molecular weight is 373 g/mol. The van der Waals surface area contributed by atoms with Gasteiger partial charge < -0.3 is 16.4 Å². The van der Waals surface area contributed by atoms with Crippen molar-refractivity contribution in [2.75, 3.05) is 10.6 Å². The van der Waals surface area contributed by atoms with Gasteiger partial charge in [-0.3, -0.25) is 0 Å². The lowest BCUT2D eigenvalue weighted by Gasteiger charge is -2.29. The summed E-state index contributed by atoms with van der Waals surface area (Å²) >= 11 is 6.08. The fourth-order valence-corrected chi connectivity index (χ4v) is 3.46. The number of aryl methyl sites for hydroxylation is 1. The van der Waals surface area contributed by atoms with E-state index in [0.717, 1.165) is 24.9 Å². The number of anilines is 3. The quantitative estimate of drug-likeness (QED) is 0.646. The Morgan fingerprint density at radius 3 is 2.88 bits per heavy atom. The summed E-state index contributed by atoms with van der Waals surface area (Å²) in [7, 11) is 1.81.